The molecular formula is C12H15N5O. The maximum Gasteiger partial charge on any atom is 0.245 e. The number of rotatable bonds is 4. The Morgan fingerprint density at radius 2 is 2.00 bits per heavy atom. The Morgan fingerprint density at radius 1 is 1.28 bits per heavy atom. The van der Waals surface area contributed by atoms with E-state index in [0.717, 1.165) is 5.56 Å². The number of nitrogens with one attached hydrogen (secondary N) is 1. The van der Waals surface area contributed by atoms with Crippen molar-refractivity contribution in [2.24, 2.45) is 0 Å². The fourth-order valence-electron chi connectivity index (χ4n) is 1.61. The van der Waals surface area contributed by atoms with Crippen LogP contribution in [0.2, 0.25) is 0 Å². The second-order valence-corrected chi connectivity index (χ2v) is 4.06. The van der Waals surface area contributed by atoms with Crippen molar-refractivity contribution in [1.29, 1.82) is 0 Å². The van der Waals surface area contributed by atoms with Crippen LogP contribution in [0.4, 0.5) is 0 Å². The molecule has 0 spiro atoms. The quantitative estimate of drug-likeness (QED) is 0.875. The summed E-state index contributed by atoms with van der Waals surface area (Å²) >= 11 is 0. The van der Waals surface area contributed by atoms with Crippen molar-refractivity contribution in [2.45, 2.75) is 25.9 Å². The van der Waals surface area contributed by atoms with Gasteiger partial charge in [0.05, 0.1) is 6.04 Å². The van der Waals surface area contributed by atoms with Gasteiger partial charge in [-0.3, -0.25) is 9.78 Å². The van der Waals surface area contributed by atoms with E-state index in [9.17, 15) is 4.79 Å². The minimum Gasteiger partial charge on any atom is -0.348 e. The molecule has 6 nitrogen and oxygen atoms in total. The summed E-state index contributed by atoms with van der Waals surface area (Å²) in [5.74, 6) is -0.0928. The Balaban J connectivity index is 1.99. The third-order valence-corrected chi connectivity index (χ3v) is 2.78. The second kappa shape index (κ2) is 5.39. The second-order valence-electron chi connectivity index (χ2n) is 4.06. The van der Waals surface area contributed by atoms with Crippen LogP contribution in [0, 0.1) is 0 Å². The van der Waals surface area contributed by atoms with E-state index in [0.29, 0.717) is 0 Å². The maximum absolute atomic E-state index is 12.0. The van der Waals surface area contributed by atoms with Crippen molar-refractivity contribution < 1.29 is 4.79 Å². The largest absolute Gasteiger partial charge is 0.348 e. The number of amides is 1. The number of carbonyl (C=O) groups excluding carboxylic acids is 1. The highest BCUT2D eigenvalue weighted by molar-refractivity contribution is 5.80. The monoisotopic (exact) mass is 245 g/mol. The van der Waals surface area contributed by atoms with Gasteiger partial charge in [0.25, 0.3) is 0 Å². The molecule has 2 aromatic heterocycles. The Bertz CT molecular complexity index is 496. The standard InChI is InChI=1S/C12H15N5O/c1-9(11-3-5-13-6-4-11)16-12(18)10(2)17-8-14-7-15-17/h3-10H,1-2H3,(H,16,18)/t9-,10-/m0/s1. The van der Waals surface area contributed by atoms with Gasteiger partial charge in [0.15, 0.2) is 0 Å². The first-order chi connectivity index (χ1) is 8.68. The van der Waals surface area contributed by atoms with Gasteiger partial charge in [0, 0.05) is 12.4 Å². The zero-order valence-electron chi connectivity index (χ0n) is 10.3. The van der Waals surface area contributed by atoms with Gasteiger partial charge < -0.3 is 5.32 Å². The normalized spacial score (nSPS) is 13.9. The van der Waals surface area contributed by atoms with Gasteiger partial charge in [-0.2, -0.15) is 5.10 Å². The number of hydrogen-bond donors (Lipinski definition) is 1. The molecule has 1 N–H and O–H groups in total. The van der Waals surface area contributed by atoms with Crippen LogP contribution in [0.1, 0.15) is 31.5 Å². The molecule has 0 aromatic carbocycles. The third kappa shape index (κ3) is 2.71. The topological polar surface area (TPSA) is 72.7 Å². The van der Waals surface area contributed by atoms with Crippen molar-refractivity contribution >= 4 is 5.91 Å². The average Bonchev–Trinajstić information content (AvgIpc) is 2.92. The summed E-state index contributed by atoms with van der Waals surface area (Å²) in [5, 5.41) is 6.88. The molecule has 0 saturated carbocycles. The van der Waals surface area contributed by atoms with Crippen LogP contribution in [0.15, 0.2) is 37.2 Å². The van der Waals surface area contributed by atoms with Crippen molar-refractivity contribution in [1.82, 2.24) is 25.1 Å². The smallest absolute Gasteiger partial charge is 0.245 e. The van der Waals surface area contributed by atoms with Gasteiger partial charge in [-0.1, -0.05) is 0 Å². The minimum absolute atomic E-state index is 0.0635. The summed E-state index contributed by atoms with van der Waals surface area (Å²) in [6.45, 7) is 3.71. The number of hydrogen-bond acceptors (Lipinski definition) is 4. The van der Waals surface area contributed by atoms with Crippen LogP contribution in [0.25, 0.3) is 0 Å². The predicted molar refractivity (Wildman–Crippen MR) is 65.5 cm³/mol. The average molecular weight is 245 g/mol. The van der Waals surface area contributed by atoms with Gasteiger partial charge in [0.2, 0.25) is 5.91 Å². The number of aromatic nitrogens is 4. The molecule has 0 bridgehead atoms. The van der Waals surface area contributed by atoms with E-state index in [4.69, 9.17) is 0 Å². The molecule has 0 aliphatic carbocycles. The van der Waals surface area contributed by atoms with Gasteiger partial charge >= 0.3 is 0 Å². The molecular weight excluding hydrogens is 230 g/mol. The molecule has 1 amide bonds. The van der Waals surface area contributed by atoms with Crippen LogP contribution >= 0.6 is 0 Å². The lowest BCUT2D eigenvalue weighted by atomic mass is 10.1. The van der Waals surface area contributed by atoms with E-state index in [1.807, 2.05) is 19.1 Å². The van der Waals surface area contributed by atoms with E-state index in [-0.39, 0.29) is 18.0 Å². The van der Waals surface area contributed by atoms with E-state index < -0.39 is 0 Å². The van der Waals surface area contributed by atoms with Crippen molar-refractivity contribution in [3.63, 3.8) is 0 Å². The lowest BCUT2D eigenvalue weighted by Crippen LogP contribution is -2.33. The van der Waals surface area contributed by atoms with Crippen LogP contribution < -0.4 is 5.32 Å². The fourth-order valence-corrected chi connectivity index (χ4v) is 1.61. The summed E-state index contributed by atoms with van der Waals surface area (Å²) in [4.78, 5) is 19.8. The van der Waals surface area contributed by atoms with Crippen molar-refractivity contribution in [3.05, 3.63) is 42.7 Å². The Hall–Kier alpha value is -2.24. The molecule has 0 saturated heterocycles. The highest BCUT2D eigenvalue weighted by Crippen LogP contribution is 2.12. The SMILES string of the molecule is C[C@H](NC(=O)[C@H](C)n1cncn1)c1ccncc1. The zero-order chi connectivity index (χ0) is 13.0. The lowest BCUT2D eigenvalue weighted by molar-refractivity contribution is -0.124. The van der Waals surface area contributed by atoms with Gasteiger partial charge in [-0.25, -0.2) is 9.67 Å². The molecule has 0 aliphatic heterocycles. The lowest BCUT2D eigenvalue weighted by Gasteiger charge is -2.17. The number of pyridine rings is 1. The molecule has 0 aliphatic rings. The first-order valence-electron chi connectivity index (χ1n) is 5.73. The van der Waals surface area contributed by atoms with Gasteiger partial charge in [-0.15, -0.1) is 0 Å². The number of nitrogens with zero attached hydrogens (tertiary/aromatic N) is 4. The predicted octanol–water partition coefficient (Wildman–Crippen LogP) is 1.11. The molecule has 2 rings (SSSR count). The van der Waals surface area contributed by atoms with Crippen LogP contribution in [-0.2, 0) is 4.79 Å². The van der Waals surface area contributed by atoms with Crippen LogP contribution in [0.5, 0.6) is 0 Å². The van der Waals surface area contributed by atoms with Gasteiger partial charge in [-0.05, 0) is 31.5 Å². The third-order valence-electron chi connectivity index (χ3n) is 2.78. The first-order valence-corrected chi connectivity index (χ1v) is 5.73. The summed E-state index contributed by atoms with van der Waals surface area (Å²) in [5.41, 5.74) is 1.02. The zero-order valence-corrected chi connectivity index (χ0v) is 10.3. The highest BCUT2D eigenvalue weighted by atomic mass is 16.2. The minimum atomic E-state index is -0.378. The molecule has 2 aromatic rings. The molecule has 18 heavy (non-hydrogen) atoms. The Morgan fingerprint density at radius 3 is 2.61 bits per heavy atom. The summed E-state index contributed by atoms with van der Waals surface area (Å²) in [6, 6.07) is 3.32. The van der Waals surface area contributed by atoms with Crippen LogP contribution in [0.3, 0.4) is 0 Å². The summed E-state index contributed by atoms with van der Waals surface area (Å²) in [6.07, 6.45) is 6.36. The van der Waals surface area contributed by atoms with Crippen LogP contribution in [-0.4, -0.2) is 25.7 Å². The molecule has 2 atom stereocenters. The van der Waals surface area contributed by atoms with E-state index in [2.05, 4.69) is 20.4 Å². The Kier molecular flexibility index (Phi) is 3.66. The molecule has 94 valence electrons. The van der Waals surface area contributed by atoms with E-state index >= 15 is 0 Å². The van der Waals surface area contributed by atoms with Crippen molar-refractivity contribution in [2.75, 3.05) is 0 Å². The van der Waals surface area contributed by atoms with E-state index in [1.54, 1.807) is 19.3 Å². The molecule has 0 fully saturated rings. The fraction of sp³-hybridized carbons (Fsp3) is 0.333. The summed E-state index contributed by atoms with van der Waals surface area (Å²) < 4.78 is 1.52. The molecule has 0 radical (unpaired) electrons. The molecule has 6 heteroatoms. The maximum atomic E-state index is 12.0. The van der Waals surface area contributed by atoms with Gasteiger partial charge in [0.1, 0.15) is 18.7 Å². The van der Waals surface area contributed by atoms with E-state index in [1.165, 1.54) is 17.3 Å². The first kappa shape index (κ1) is 12.2. The number of carbonyl (C=O) groups is 1. The highest BCUT2D eigenvalue weighted by Gasteiger charge is 2.17. The molecule has 0 unspecified atom stereocenters. The summed E-state index contributed by atoms with van der Waals surface area (Å²) in [7, 11) is 0. The Labute approximate surface area is 105 Å². The molecule has 2 heterocycles. The van der Waals surface area contributed by atoms with Crippen molar-refractivity contribution in [3.8, 4) is 0 Å².